The van der Waals surface area contributed by atoms with Crippen LogP contribution < -0.4 is 5.32 Å². The number of imide groups is 1. The van der Waals surface area contributed by atoms with Crippen molar-refractivity contribution >= 4 is 11.8 Å². The van der Waals surface area contributed by atoms with Gasteiger partial charge in [0, 0.05) is 14.1 Å². The van der Waals surface area contributed by atoms with E-state index in [9.17, 15) is 9.59 Å². The molecule has 1 saturated heterocycles. The van der Waals surface area contributed by atoms with Gasteiger partial charge in [-0.05, 0) is 0 Å². The molecule has 1 aliphatic rings. The fourth-order valence-electron chi connectivity index (χ4n) is 0.892. The van der Waals surface area contributed by atoms with Crippen molar-refractivity contribution in [1.82, 2.24) is 15.3 Å². The van der Waals surface area contributed by atoms with Crippen molar-refractivity contribution in [3.63, 3.8) is 0 Å². The number of rotatable bonds is 0. The van der Waals surface area contributed by atoms with E-state index >= 15 is 0 Å². The van der Waals surface area contributed by atoms with Gasteiger partial charge in [0.2, 0.25) is 11.8 Å². The van der Waals surface area contributed by atoms with E-state index in [2.05, 4.69) is 5.32 Å². The van der Waals surface area contributed by atoms with Gasteiger partial charge in [-0.3, -0.25) is 14.9 Å². The first kappa shape index (κ1) is 8.16. The Morgan fingerprint density at radius 1 is 1.09 bits per heavy atom. The molecule has 5 heteroatoms. The molecule has 0 unspecified atom stereocenters. The molecule has 1 rings (SSSR count). The summed E-state index contributed by atoms with van der Waals surface area (Å²) in [5.41, 5.74) is 0. The monoisotopic (exact) mass is 157 g/mol. The molecule has 0 aromatic rings. The van der Waals surface area contributed by atoms with E-state index in [4.69, 9.17) is 0 Å². The smallest absolute Gasteiger partial charge is 0.242 e. The molecule has 1 heterocycles. The van der Waals surface area contributed by atoms with Crippen molar-refractivity contribution in [3.8, 4) is 0 Å². The number of carbonyl (C=O) groups is 2. The lowest BCUT2D eigenvalue weighted by atomic mass is 10.5. The van der Waals surface area contributed by atoms with Gasteiger partial charge < -0.3 is 0 Å². The predicted octanol–water partition coefficient (Wildman–Crippen LogP) is -1.58. The number of hydrazine groups is 1. The van der Waals surface area contributed by atoms with Crippen LogP contribution in [0, 0.1) is 0 Å². The number of likely N-dealkylation sites (N-methyl/N-ethyl adjacent to an activating group) is 2. The van der Waals surface area contributed by atoms with E-state index < -0.39 is 0 Å². The zero-order chi connectivity index (χ0) is 8.43. The molecule has 0 aromatic heterocycles. The molecule has 62 valence electrons. The zero-order valence-electron chi connectivity index (χ0n) is 6.63. The Morgan fingerprint density at radius 2 is 1.45 bits per heavy atom. The molecule has 1 N–H and O–H groups in total. The Labute approximate surface area is 64.9 Å². The average molecular weight is 157 g/mol. The third-order valence-corrected chi connectivity index (χ3v) is 1.61. The van der Waals surface area contributed by atoms with E-state index in [1.165, 1.54) is 0 Å². The van der Waals surface area contributed by atoms with Crippen molar-refractivity contribution in [1.29, 1.82) is 0 Å². The first-order valence-corrected chi connectivity index (χ1v) is 3.34. The summed E-state index contributed by atoms with van der Waals surface area (Å²) in [5, 5.41) is 5.63. The minimum Gasteiger partial charge on any atom is -0.294 e. The molecule has 0 atom stereocenters. The van der Waals surface area contributed by atoms with Crippen molar-refractivity contribution < 1.29 is 9.59 Å². The summed E-state index contributed by atoms with van der Waals surface area (Å²) in [6.45, 7) is 0.477. The van der Waals surface area contributed by atoms with Crippen LogP contribution in [-0.2, 0) is 9.59 Å². The maximum atomic E-state index is 10.8. The van der Waals surface area contributed by atoms with Gasteiger partial charge in [-0.15, -0.1) is 0 Å². The van der Waals surface area contributed by atoms with Gasteiger partial charge in [0.1, 0.15) is 0 Å². The molecule has 5 nitrogen and oxygen atoms in total. The van der Waals surface area contributed by atoms with Crippen molar-refractivity contribution in [2.24, 2.45) is 0 Å². The minimum atomic E-state index is -0.248. The molecule has 0 spiro atoms. The highest BCUT2D eigenvalue weighted by Gasteiger charge is 2.20. The molecule has 0 radical (unpaired) electrons. The average Bonchev–Trinajstić information content (AvgIpc) is 1.93. The van der Waals surface area contributed by atoms with E-state index in [-0.39, 0.29) is 24.9 Å². The number of nitrogens with one attached hydrogen (secondary N) is 1. The van der Waals surface area contributed by atoms with E-state index in [0.717, 1.165) is 0 Å². The molecular weight excluding hydrogens is 146 g/mol. The summed E-state index contributed by atoms with van der Waals surface area (Å²) < 4.78 is 0. The molecule has 1 aliphatic heterocycles. The first-order valence-electron chi connectivity index (χ1n) is 3.34. The van der Waals surface area contributed by atoms with Gasteiger partial charge in [0.15, 0.2) is 0 Å². The Hall–Kier alpha value is -0.940. The normalized spacial score (nSPS) is 23.1. The summed E-state index contributed by atoms with van der Waals surface area (Å²) >= 11 is 0. The second kappa shape index (κ2) is 2.98. The second-order valence-electron chi connectivity index (χ2n) is 2.60. The van der Waals surface area contributed by atoms with Crippen molar-refractivity contribution in [2.75, 3.05) is 27.2 Å². The highest BCUT2D eigenvalue weighted by atomic mass is 16.2. The topological polar surface area (TPSA) is 52.7 Å². The van der Waals surface area contributed by atoms with Crippen LogP contribution in [-0.4, -0.2) is 49.0 Å². The number of carbonyl (C=O) groups excluding carboxylic acids is 2. The van der Waals surface area contributed by atoms with Crippen LogP contribution in [0.5, 0.6) is 0 Å². The lowest BCUT2D eigenvalue weighted by Gasteiger charge is -2.22. The maximum absolute atomic E-state index is 10.8. The lowest BCUT2D eigenvalue weighted by Crippen LogP contribution is -2.38. The van der Waals surface area contributed by atoms with Crippen LogP contribution in [0.2, 0.25) is 0 Å². The molecule has 1 fully saturated rings. The van der Waals surface area contributed by atoms with E-state index in [1.54, 1.807) is 24.1 Å². The molecule has 0 saturated carbocycles. The zero-order valence-corrected chi connectivity index (χ0v) is 6.63. The number of nitrogens with zero attached hydrogens (tertiary/aromatic N) is 2. The van der Waals surface area contributed by atoms with Gasteiger partial charge in [0.05, 0.1) is 13.1 Å². The SMILES string of the molecule is CN1CC(=O)NC(=O)CN1C. The molecule has 0 bridgehead atoms. The van der Waals surface area contributed by atoms with Crippen LogP contribution in [0.1, 0.15) is 0 Å². The molecule has 11 heavy (non-hydrogen) atoms. The fourth-order valence-corrected chi connectivity index (χ4v) is 0.892. The summed E-state index contributed by atoms with van der Waals surface area (Å²) in [4.78, 5) is 21.7. The van der Waals surface area contributed by atoms with Gasteiger partial charge >= 0.3 is 0 Å². The van der Waals surface area contributed by atoms with Gasteiger partial charge in [-0.25, -0.2) is 10.0 Å². The van der Waals surface area contributed by atoms with Crippen molar-refractivity contribution in [3.05, 3.63) is 0 Å². The Kier molecular flexibility index (Phi) is 2.21. The van der Waals surface area contributed by atoms with Crippen molar-refractivity contribution in [2.45, 2.75) is 0 Å². The maximum Gasteiger partial charge on any atom is 0.242 e. The standard InChI is InChI=1S/C6H11N3O2/c1-8-3-5(10)7-6(11)4-9(8)2/h3-4H2,1-2H3,(H,7,10,11). The summed E-state index contributed by atoms with van der Waals surface area (Å²) in [6.07, 6.45) is 0. The summed E-state index contributed by atoms with van der Waals surface area (Å²) in [5.74, 6) is -0.497. The Bertz CT molecular complexity index is 172. The molecular formula is C6H11N3O2. The molecule has 0 aliphatic carbocycles. The van der Waals surface area contributed by atoms with Crippen LogP contribution >= 0.6 is 0 Å². The van der Waals surface area contributed by atoms with E-state index in [0.29, 0.717) is 0 Å². The largest absolute Gasteiger partial charge is 0.294 e. The predicted molar refractivity (Wildman–Crippen MR) is 38.4 cm³/mol. The van der Waals surface area contributed by atoms with Crippen LogP contribution in [0.15, 0.2) is 0 Å². The lowest BCUT2D eigenvalue weighted by molar-refractivity contribution is -0.128. The number of hydrogen-bond donors (Lipinski definition) is 1. The Balaban J connectivity index is 2.66. The van der Waals surface area contributed by atoms with Gasteiger partial charge in [0.25, 0.3) is 0 Å². The second-order valence-corrected chi connectivity index (χ2v) is 2.60. The molecule has 0 aromatic carbocycles. The minimum absolute atomic E-state index is 0.238. The van der Waals surface area contributed by atoms with Gasteiger partial charge in [-0.2, -0.15) is 0 Å². The first-order chi connectivity index (χ1) is 5.09. The molecule has 2 amide bonds. The summed E-state index contributed by atoms with van der Waals surface area (Å²) in [6, 6.07) is 0. The van der Waals surface area contributed by atoms with E-state index in [1.807, 2.05) is 0 Å². The quantitative estimate of drug-likeness (QED) is 0.431. The van der Waals surface area contributed by atoms with Crippen LogP contribution in [0.4, 0.5) is 0 Å². The highest BCUT2D eigenvalue weighted by molar-refractivity contribution is 5.97. The van der Waals surface area contributed by atoms with Crippen LogP contribution in [0.25, 0.3) is 0 Å². The highest BCUT2D eigenvalue weighted by Crippen LogP contribution is 1.93. The Morgan fingerprint density at radius 3 is 1.82 bits per heavy atom. The third-order valence-electron chi connectivity index (χ3n) is 1.61. The number of hydrogen-bond acceptors (Lipinski definition) is 4. The van der Waals surface area contributed by atoms with Gasteiger partial charge in [-0.1, -0.05) is 0 Å². The summed E-state index contributed by atoms with van der Waals surface area (Å²) in [7, 11) is 3.52. The number of amides is 2. The fraction of sp³-hybridized carbons (Fsp3) is 0.667. The third kappa shape index (κ3) is 1.99. The van der Waals surface area contributed by atoms with Crippen LogP contribution in [0.3, 0.4) is 0 Å².